The Morgan fingerprint density at radius 2 is 2.19 bits per heavy atom. The summed E-state index contributed by atoms with van der Waals surface area (Å²) in [5, 5.41) is 11.3. The van der Waals surface area contributed by atoms with Crippen LogP contribution in [0.15, 0.2) is 16.6 Å². The first kappa shape index (κ1) is 11.1. The lowest BCUT2D eigenvalue weighted by Gasteiger charge is -1.96. The highest BCUT2D eigenvalue weighted by Crippen LogP contribution is 2.33. The van der Waals surface area contributed by atoms with Crippen LogP contribution in [0.3, 0.4) is 0 Å². The van der Waals surface area contributed by atoms with E-state index in [1.54, 1.807) is 0 Å². The van der Waals surface area contributed by atoms with Crippen molar-refractivity contribution in [1.82, 2.24) is 4.98 Å². The number of aromatic nitrogens is 1. The van der Waals surface area contributed by atoms with Crippen molar-refractivity contribution in [3.05, 3.63) is 37.4 Å². The number of hydrogen-bond donors (Lipinski definition) is 1. The maximum absolute atomic E-state index is 10.8. The number of H-pyrrole nitrogens is 1. The number of aromatic amines is 1. The molecule has 0 aliphatic heterocycles. The van der Waals surface area contributed by atoms with Crippen LogP contribution in [0.5, 0.6) is 0 Å². The number of fused-ring (bicyclic) bond motifs is 1. The van der Waals surface area contributed by atoms with E-state index in [1.165, 1.54) is 12.1 Å². The minimum absolute atomic E-state index is 0.0989. The number of benzene rings is 1. The first-order chi connectivity index (χ1) is 7.54. The molecule has 82 valence electrons. The molecule has 1 aromatic heterocycles. The highest BCUT2D eigenvalue weighted by atomic mass is 79.9. The van der Waals surface area contributed by atoms with Crippen molar-refractivity contribution in [3.63, 3.8) is 0 Å². The highest BCUT2D eigenvalue weighted by Gasteiger charge is 2.16. The Morgan fingerprint density at radius 1 is 1.50 bits per heavy atom. The molecule has 0 unspecified atom stereocenters. The van der Waals surface area contributed by atoms with Crippen LogP contribution >= 0.6 is 27.5 Å². The molecule has 0 aliphatic carbocycles. The molecule has 16 heavy (non-hydrogen) atoms. The molecular formula is C9H4BrClN2O3. The van der Waals surface area contributed by atoms with Gasteiger partial charge in [-0.1, -0.05) is 11.6 Å². The standard InChI is InChI=1S/C9H4BrClN2O3/c10-7-2-4(13(15)16)1-5-6(3-14)9(11)12-8(5)7/h1-3,12H. The summed E-state index contributed by atoms with van der Waals surface area (Å²) in [4.78, 5) is 23.7. The van der Waals surface area contributed by atoms with Crippen molar-refractivity contribution in [2.75, 3.05) is 0 Å². The molecule has 0 saturated carbocycles. The number of halogens is 2. The predicted molar refractivity (Wildman–Crippen MR) is 63.1 cm³/mol. The Labute approximate surface area is 103 Å². The minimum Gasteiger partial charge on any atom is -0.344 e. The maximum atomic E-state index is 10.8. The van der Waals surface area contributed by atoms with Gasteiger partial charge in [0.2, 0.25) is 0 Å². The smallest absolute Gasteiger partial charge is 0.271 e. The van der Waals surface area contributed by atoms with Gasteiger partial charge in [0.1, 0.15) is 5.15 Å². The van der Waals surface area contributed by atoms with Gasteiger partial charge in [-0.05, 0) is 15.9 Å². The molecule has 0 amide bonds. The van der Waals surface area contributed by atoms with Crippen LogP contribution in [0.4, 0.5) is 5.69 Å². The first-order valence-corrected chi connectivity index (χ1v) is 5.32. The molecule has 0 aliphatic rings. The lowest BCUT2D eigenvalue weighted by Crippen LogP contribution is -1.88. The highest BCUT2D eigenvalue weighted by molar-refractivity contribution is 9.10. The molecule has 2 rings (SSSR count). The fourth-order valence-electron chi connectivity index (χ4n) is 1.45. The molecule has 0 atom stereocenters. The normalized spacial score (nSPS) is 10.6. The van der Waals surface area contributed by atoms with Gasteiger partial charge in [0, 0.05) is 22.0 Å². The zero-order chi connectivity index (χ0) is 11.9. The number of rotatable bonds is 2. The van der Waals surface area contributed by atoms with Crippen LogP contribution in [-0.4, -0.2) is 16.2 Å². The van der Waals surface area contributed by atoms with Gasteiger partial charge in [-0.25, -0.2) is 0 Å². The summed E-state index contributed by atoms with van der Waals surface area (Å²) in [5.74, 6) is 0. The van der Waals surface area contributed by atoms with Gasteiger partial charge >= 0.3 is 0 Å². The maximum Gasteiger partial charge on any atom is 0.271 e. The second-order valence-corrected chi connectivity index (χ2v) is 4.31. The number of non-ortho nitro benzene ring substituents is 1. The van der Waals surface area contributed by atoms with E-state index in [4.69, 9.17) is 11.6 Å². The summed E-state index contributed by atoms with van der Waals surface area (Å²) in [6.07, 6.45) is 0.567. The Bertz CT molecular complexity index is 608. The number of nitrogens with one attached hydrogen (secondary N) is 1. The van der Waals surface area contributed by atoms with Crippen LogP contribution in [-0.2, 0) is 0 Å². The summed E-state index contributed by atoms with van der Waals surface area (Å²) in [5.41, 5.74) is 0.692. The number of nitro groups is 1. The summed E-state index contributed by atoms with van der Waals surface area (Å²) < 4.78 is 0.492. The Hall–Kier alpha value is -1.40. The van der Waals surface area contributed by atoms with Gasteiger partial charge in [-0.15, -0.1) is 0 Å². The lowest BCUT2D eigenvalue weighted by molar-refractivity contribution is -0.384. The van der Waals surface area contributed by atoms with E-state index >= 15 is 0 Å². The molecule has 1 N–H and O–H groups in total. The molecule has 0 radical (unpaired) electrons. The predicted octanol–water partition coefficient (Wildman–Crippen LogP) is 3.30. The number of nitrogens with zero attached hydrogens (tertiary/aromatic N) is 1. The fraction of sp³-hybridized carbons (Fsp3) is 0. The molecule has 2 aromatic rings. The Balaban J connectivity index is 2.88. The van der Waals surface area contributed by atoms with Gasteiger partial charge in [0.25, 0.3) is 5.69 Å². The third kappa shape index (κ3) is 1.60. The molecule has 0 bridgehead atoms. The first-order valence-electron chi connectivity index (χ1n) is 4.15. The van der Waals surface area contributed by atoms with Crippen LogP contribution in [0.25, 0.3) is 10.9 Å². The summed E-state index contributed by atoms with van der Waals surface area (Å²) in [6, 6.07) is 2.66. The van der Waals surface area contributed by atoms with E-state index in [-0.39, 0.29) is 16.4 Å². The van der Waals surface area contributed by atoms with Crippen molar-refractivity contribution in [2.45, 2.75) is 0 Å². The second kappa shape index (κ2) is 3.88. The van der Waals surface area contributed by atoms with Crippen LogP contribution in [0, 0.1) is 10.1 Å². The van der Waals surface area contributed by atoms with E-state index in [0.717, 1.165) is 0 Å². The average Bonchev–Trinajstić information content (AvgIpc) is 2.54. The Kier molecular flexibility index (Phi) is 2.69. The number of carbonyl (C=O) groups excluding carboxylic acids is 1. The van der Waals surface area contributed by atoms with Crippen LogP contribution < -0.4 is 0 Å². The summed E-state index contributed by atoms with van der Waals surface area (Å²) >= 11 is 8.98. The van der Waals surface area contributed by atoms with Crippen LogP contribution in [0.1, 0.15) is 10.4 Å². The number of hydrogen-bond acceptors (Lipinski definition) is 3. The molecule has 7 heteroatoms. The molecule has 1 aromatic carbocycles. The van der Waals surface area contributed by atoms with Gasteiger partial charge in [0.15, 0.2) is 6.29 Å². The third-order valence-corrected chi connectivity index (χ3v) is 3.09. The van der Waals surface area contributed by atoms with Gasteiger partial charge < -0.3 is 4.98 Å². The van der Waals surface area contributed by atoms with E-state index < -0.39 is 4.92 Å². The molecule has 0 fully saturated rings. The SMILES string of the molecule is O=Cc1c(Cl)[nH]c2c(Br)cc([N+](=O)[O-])cc12. The van der Waals surface area contributed by atoms with E-state index in [9.17, 15) is 14.9 Å². The molecule has 1 heterocycles. The fourth-order valence-corrected chi connectivity index (χ4v) is 2.24. The monoisotopic (exact) mass is 302 g/mol. The van der Waals surface area contributed by atoms with Crippen LogP contribution in [0.2, 0.25) is 5.15 Å². The molecule has 5 nitrogen and oxygen atoms in total. The van der Waals surface area contributed by atoms with E-state index in [1.807, 2.05) is 0 Å². The quantitative estimate of drug-likeness (QED) is 0.525. The van der Waals surface area contributed by atoms with Gasteiger partial charge in [-0.3, -0.25) is 14.9 Å². The number of nitro benzene ring substituents is 1. The summed E-state index contributed by atoms with van der Waals surface area (Å²) in [6.45, 7) is 0. The zero-order valence-corrected chi connectivity index (χ0v) is 10.0. The third-order valence-electron chi connectivity index (χ3n) is 2.17. The zero-order valence-electron chi connectivity index (χ0n) is 7.66. The number of aldehydes is 1. The molecule has 0 saturated heterocycles. The second-order valence-electron chi connectivity index (χ2n) is 3.08. The minimum atomic E-state index is -0.528. The van der Waals surface area contributed by atoms with E-state index in [0.29, 0.717) is 21.7 Å². The van der Waals surface area contributed by atoms with Crippen molar-refractivity contribution in [1.29, 1.82) is 0 Å². The van der Waals surface area contributed by atoms with Crippen molar-refractivity contribution in [2.24, 2.45) is 0 Å². The van der Waals surface area contributed by atoms with Crippen molar-refractivity contribution < 1.29 is 9.72 Å². The lowest BCUT2D eigenvalue weighted by atomic mass is 10.2. The van der Waals surface area contributed by atoms with E-state index in [2.05, 4.69) is 20.9 Å². The number of carbonyl (C=O) groups is 1. The Morgan fingerprint density at radius 3 is 2.75 bits per heavy atom. The van der Waals surface area contributed by atoms with Crippen molar-refractivity contribution >= 4 is 50.4 Å². The van der Waals surface area contributed by atoms with Crippen molar-refractivity contribution in [3.8, 4) is 0 Å². The van der Waals surface area contributed by atoms with Gasteiger partial charge in [-0.2, -0.15) is 0 Å². The van der Waals surface area contributed by atoms with Gasteiger partial charge in [0.05, 0.1) is 16.0 Å². The summed E-state index contributed by atoms with van der Waals surface area (Å²) in [7, 11) is 0. The average molecular weight is 303 g/mol. The molecular weight excluding hydrogens is 299 g/mol. The topological polar surface area (TPSA) is 76.0 Å². The largest absolute Gasteiger partial charge is 0.344 e. The molecule has 0 spiro atoms.